The molecule has 0 bridgehead atoms. The zero-order valence-electron chi connectivity index (χ0n) is 20.1. The number of ether oxygens (including phenoxy) is 2. The molecule has 0 saturated carbocycles. The van der Waals surface area contributed by atoms with Crippen LogP contribution in [0.25, 0.3) is 0 Å². The van der Waals surface area contributed by atoms with Crippen LogP contribution in [0, 0.1) is 18.8 Å². The third-order valence-electron chi connectivity index (χ3n) is 6.78. The largest absolute Gasteiger partial charge is 0.373 e. The number of benzene rings is 2. The summed E-state index contributed by atoms with van der Waals surface area (Å²) in [5.41, 5.74) is 3.82. The van der Waals surface area contributed by atoms with Gasteiger partial charge in [-0.15, -0.1) is 0 Å². The van der Waals surface area contributed by atoms with Crippen LogP contribution in [0.1, 0.15) is 61.5 Å². The zero-order chi connectivity index (χ0) is 22.9. The van der Waals surface area contributed by atoms with Gasteiger partial charge in [0.1, 0.15) is 0 Å². The Morgan fingerprint density at radius 3 is 2.18 bits per heavy atom. The minimum Gasteiger partial charge on any atom is -0.373 e. The van der Waals surface area contributed by atoms with Crippen LogP contribution in [0.2, 0.25) is 0 Å². The Kier molecular flexibility index (Phi) is 8.79. The first-order valence-corrected chi connectivity index (χ1v) is 12.6. The summed E-state index contributed by atoms with van der Waals surface area (Å²) < 4.78 is 12.4. The first-order chi connectivity index (χ1) is 16.2. The molecule has 0 aromatic heterocycles. The number of hydrogen-bond donors (Lipinski definition) is 2. The van der Waals surface area contributed by atoms with Gasteiger partial charge in [0.2, 0.25) is 0 Å². The van der Waals surface area contributed by atoms with Gasteiger partial charge in [-0.05, 0) is 50.7 Å². The fraction of sp³-hybridized carbons (Fsp3) is 0.536. The number of aliphatic imine (C=N–C) groups is 1. The molecule has 0 spiro atoms. The molecule has 5 heteroatoms. The molecule has 4 unspecified atom stereocenters. The minimum atomic E-state index is 0.129. The van der Waals surface area contributed by atoms with Crippen molar-refractivity contribution in [2.45, 2.75) is 51.7 Å². The maximum absolute atomic E-state index is 6.21. The van der Waals surface area contributed by atoms with Gasteiger partial charge >= 0.3 is 0 Å². The van der Waals surface area contributed by atoms with Gasteiger partial charge in [-0.3, -0.25) is 4.99 Å². The summed E-state index contributed by atoms with van der Waals surface area (Å²) in [5.74, 6) is 1.72. The molecular weight excluding hydrogens is 410 g/mol. The predicted molar refractivity (Wildman–Crippen MR) is 134 cm³/mol. The number of nitrogens with zero attached hydrogens (tertiary/aromatic N) is 1. The van der Waals surface area contributed by atoms with Crippen LogP contribution in [0.15, 0.2) is 59.6 Å². The smallest absolute Gasteiger partial charge is 0.191 e. The monoisotopic (exact) mass is 449 g/mol. The molecule has 2 aromatic carbocycles. The second-order valence-electron chi connectivity index (χ2n) is 9.31. The fourth-order valence-corrected chi connectivity index (χ4v) is 5.00. The van der Waals surface area contributed by atoms with Crippen LogP contribution in [-0.4, -0.2) is 38.8 Å². The van der Waals surface area contributed by atoms with Gasteiger partial charge in [-0.1, -0.05) is 60.2 Å². The van der Waals surface area contributed by atoms with Crippen molar-refractivity contribution in [3.05, 3.63) is 71.3 Å². The van der Waals surface area contributed by atoms with Crippen molar-refractivity contribution >= 4 is 5.96 Å². The third-order valence-corrected chi connectivity index (χ3v) is 6.78. The Balaban J connectivity index is 1.39. The number of rotatable bonds is 7. The van der Waals surface area contributed by atoms with Gasteiger partial charge in [0, 0.05) is 44.7 Å². The molecule has 0 aliphatic carbocycles. The highest BCUT2D eigenvalue weighted by atomic mass is 16.5. The molecule has 2 N–H and O–H groups in total. The van der Waals surface area contributed by atoms with Crippen molar-refractivity contribution in [3.63, 3.8) is 0 Å². The van der Waals surface area contributed by atoms with E-state index in [1.54, 1.807) is 0 Å². The molecule has 0 radical (unpaired) electrons. The Morgan fingerprint density at radius 1 is 0.848 bits per heavy atom. The van der Waals surface area contributed by atoms with Crippen LogP contribution in [0.3, 0.4) is 0 Å². The maximum atomic E-state index is 6.21. The van der Waals surface area contributed by atoms with Crippen LogP contribution >= 0.6 is 0 Å². The van der Waals surface area contributed by atoms with E-state index in [0.717, 1.165) is 64.5 Å². The van der Waals surface area contributed by atoms with E-state index in [2.05, 4.69) is 79.1 Å². The highest BCUT2D eigenvalue weighted by Gasteiger charge is 2.29. The van der Waals surface area contributed by atoms with Crippen molar-refractivity contribution in [3.8, 4) is 0 Å². The fourth-order valence-electron chi connectivity index (χ4n) is 5.00. The average Bonchev–Trinajstić information content (AvgIpc) is 2.87. The Bertz CT molecular complexity index is 868. The Morgan fingerprint density at radius 2 is 1.48 bits per heavy atom. The second kappa shape index (κ2) is 12.2. The standard InChI is InChI=1S/C28H39N3O2/c1-3-29-28(30-19-24-11-7-17-32-26(24)22-9-5-4-6-10-22)31-20-25-12-8-18-33-27(25)23-15-13-21(2)14-16-23/h4-6,9-10,13-16,24-27H,3,7-8,11-12,17-20H2,1-2H3,(H2,29,30,31). The molecule has 2 aromatic rings. The van der Waals surface area contributed by atoms with Gasteiger partial charge < -0.3 is 20.1 Å². The van der Waals surface area contributed by atoms with E-state index in [4.69, 9.17) is 14.5 Å². The molecule has 2 heterocycles. The van der Waals surface area contributed by atoms with Crippen molar-refractivity contribution in [2.75, 3.05) is 32.8 Å². The lowest BCUT2D eigenvalue weighted by atomic mass is 9.89. The maximum Gasteiger partial charge on any atom is 0.191 e. The molecule has 5 nitrogen and oxygen atoms in total. The highest BCUT2D eigenvalue weighted by molar-refractivity contribution is 5.79. The summed E-state index contributed by atoms with van der Waals surface area (Å²) in [4.78, 5) is 4.98. The van der Waals surface area contributed by atoms with Crippen LogP contribution in [0.4, 0.5) is 0 Å². The summed E-state index contributed by atoms with van der Waals surface area (Å²) in [5, 5.41) is 7.05. The molecule has 2 saturated heterocycles. The molecular formula is C28H39N3O2. The molecule has 2 aliphatic heterocycles. The lowest BCUT2D eigenvalue weighted by Gasteiger charge is -2.33. The van der Waals surface area contributed by atoms with E-state index in [0.29, 0.717) is 11.8 Å². The van der Waals surface area contributed by atoms with E-state index in [-0.39, 0.29) is 12.2 Å². The van der Waals surface area contributed by atoms with Gasteiger partial charge in [-0.25, -0.2) is 0 Å². The van der Waals surface area contributed by atoms with Crippen molar-refractivity contribution < 1.29 is 9.47 Å². The van der Waals surface area contributed by atoms with Gasteiger partial charge in [0.25, 0.3) is 0 Å². The van der Waals surface area contributed by atoms with Crippen LogP contribution in [0.5, 0.6) is 0 Å². The number of aryl methyl sites for hydroxylation is 1. The van der Waals surface area contributed by atoms with Crippen molar-refractivity contribution in [1.29, 1.82) is 0 Å². The minimum absolute atomic E-state index is 0.129. The van der Waals surface area contributed by atoms with E-state index in [9.17, 15) is 0 Å². The molecule has 0 amide bonds. The summed E-state index contributed by atoms with van der Waals surface area (Å²) in [6.45, 7) is 8.38. The van der Waals surface area contributed by atoms with Gasteiger partial charge in [0.05, 0.1) is 12.2 Å². The van der Waals surface area contributed by atoms with Gasteiger partial charge in [0.15, 0.2) is 5.96 Å². The first-order valence-electron chi connectivity index (χ1n) is 12.6. The second-order valence-corrected chi connectivity index (χ2v) is 9.31. The molecule has 2 fully saturated rings. The SMILES string of the molecule is CCNC(=NCC1CCCOC1c1ccccc1)NCC1CCCOC1c1ccc(C)cc1. The van der Waals surface area contributed by atoms with E-state index in [1.807, 2.05) is 0 Å². The van der Waals surface area contributed by atoms with E-state index in [1.165, 1.54) is 16.7 Å². The Labute approximate surface area is 199 Å². The summed E-state index contributed by atoms with van der Waals surface area (Å²) in [6.07, 6.45) is 4.80. The first kappa shape index (κ1) is 23.8. The predicted octanol–water partition coefficient (Wildman–Crippen LogP) is 5.19. The zero-order valence-corrected chi connectivity index (χ0v) is 20.1. The lowest BCUT2D eigenvalue weighted by molar-refractivity contribution is -0.0267. The van der Waals surface area contributed by atoms with E-state index >= 15 is 0 Å². The molecule has 4 atom stereocenters. The summed E-state index contributed by atoms with van der Waals surface area (Å²) in [6, 6.07) is 19.4. The number of hydrogen-bond acceptors (Lipinski definition) is 3. The molecule has 178 valence electrons. The third kappa shape index (κ3) is 6.58. The molecule has 4 rings (SSSR count). The van der Waals surface area contributed by atoms with Gasteiger partial charge in [-0.2, -0.15) is 0 Å². The van der Waals surface area contributed by atoms with Crippen molar-refractivity contribution in [2.24, 2.45) is 16.8 Å². The summed E-state index contributed by atoms with van der Waals surface area (Å²) in [7, 11) is 0. The van der Waals surface area contributed by atoms with E-state index < -0.39 is 0 Å². The number of nitrogens with one attached hydrogen (secondary N) is 2. The van der Waals surface area contributed by atoms with Crippen LogP contribution in [-0.2, 0) is 9.47 Å². The highest BCUT2D eigenvalue weighted by Crippen LogP contribution is 2.34. The average molecular weight is 450 g/mol. The lowest BCUT2D eigenvalue weighted by Crippen LogP contribution is -2.42. The van der Waals surface area contributed by atoms with Crippen molar-refractivity contribution in [1.82, 2.24) is 10.6 Å². The topological polar surface area (TPSA) is 54.9 Å². The number of guanidine groups is 1. The van der Waals surface area contributed by atoms with Crippen LogP contribution < -0.4 is 10.6 Å². The molecule has 33 heavy (non-hydrogen) atoms. The normalized spacial score (nSPS) is 26.1. The quantitative estimate of drug-likeness (QED) is 0.451. The summed E-state index contributed by atoms with van der Waals surface area (Å²) >= 11 is 0. The Hall–Kier alpha value is -2.37. The molecule has 2 aliphatic rings.